The Labute approximate surface area is 78.5 Å². The molecular weight excluding hydrogens is 170 g/mol. The lowest BCUT2D eigenvalue weighted by molar-refractivity contribution is -0.466. The summed E-state index contributed by atoms with van der Waals surface area (Å²) in [4.78, 5) is 0. The van der Waals surface area contributed by atoms with E-state index in [0.717, 1.165) is 32.8 Å². The monoisotopic (exact) mass is 187 g/mol. The minimum Gasteiger partial charge on any atom is -0.327 e. The summed E-state index contributed by atoms with van der Waals surface area (Å²) in [6.07, 6.45) is 0.750. The van der Waals surface area contributed by atoms with Crippen molar-refractivity contribution in [1.29, 1.82) is 0 Å². The van der Waals surface area contributed by atoms with E-state index in [1.807, 2.05) is 7.05 Å². The highest BCUT2D eigenvalue weighted by molar-refractivity contribution is 4.84. The number of hydrogen-bond donors (Lipinski definition) is 1. The average molecular weight is 187 g/mol. The molecule has 0 aromatic heterocycles. The van der Waals surface area contributed by atoms with Crippen LogP contribution in [0.2, 0.25) is 0 Å². The Kier molecular flexibility index (Phi) is 2.32. The predicted octanol–water partition coefficient (Wildman–Crippen LogP) is 0.333. The minimum absolute atomic E-state index is 0.0708. The molecule has 3 fully saturated rings. The molecule has 3 heterocycles. The van der Waals surface area contributed by atoms with Crippen LogP contribution in [0.3, 0.4) is 0 Å². The molecule has 3 aliphatic heterocycles. The normalized spacial score (nSPS) is 43.8. The SMILES string of the molecule is CNCCC12OCC(C)(CO1)CO2. The summed E-state index contributed by atoms with van der Waals surface area (Å²) in [5, 5.41) is 3.06. The van der Waals surface area contributed by atoms with Gasteiger partial charge in [0.25, 0.3) is 5.97 Å². The topological polar surface area (TPSA) is 39.7 Å². The van der Waals surface area contributed by atoms with Gasteiger partial charge in [0.2, 0.25) is 0 Å². The van der Waals surface area contributed by atoms with Crippen molar-refractivity contribution >= 4 is 0 Å². The molecule has 0 spiro atoms. The van der Waals surface area contributed by atoms with Gasteiger partial charge in [0.15, 0.2) is 0 Å². The van der Waals surface area contributed by atoms with Gasteiger partial charge in [0.1, 0.15) is 0 Å². The second-order valence-corrected chi connectivity index (χ2v) is 4.21. The molecule has 4 heteroatoms. The molecule has 3 rings (SSSR count). The number of fused-ring (bicyclic) bond motifs is 3. The van der Waals surface area contributed by atoms with Crippen LogP contribution in [0, 0.1) is 5.41 Å². The zero-order valence-electron chi connectivity index (χ0n) is 8.26. The van der Waals surface area contributed by atoms with E-state index in [4.69, 9.17) is 14.2 Å². The molecule has 0 aromatic carbocycles. The molecule has 3 saturated heterocycles. The quantitative estimate of drug-likeness (QED) is 0.691. The molecule has 1 N–H and O–H groups in total. The van der Waals surface area contributed by atoms with Gasteiger partial charge in [-0.15, -0.1) is 0 Å². The van der Waals surface area contributed by atoms with Crippen LogP contribution in [-0.2, 0) is 14.2 Å². The van der Waals surface area contributed by atoms with E-state index >= 15 is 0 Å². The molecule has 0 radical (unpaired) electrons. The van der Waals surface area contributed by atoms with E-state index in [9.17, 15) is 0 Å². The summed E-state index contributed by atoms with van der Waals surface area (Å²) >= 11 is 0. The molecule has 76 valence electrons. The maximum atomic E-state index is 5.59. The Morgan fingerprint density at radius 3 is 2.15 bits per heavy atom. The first-order valence-corrected chi connectivity index (χ1v) is 4.75. The van der Waals surface area contributed by atoms with Gasteiger partial charge in [-0.25, -0.2) is 0 Å². The Hall–Kier alpha value is -0.160. The van der Waals surface area contributed by atoms with Crippen LogP contribution in [0.15, 0.2) is 0 Å². The molecule has 0 saturated carbocycles. The molecule has 0 unspecified atom stereocenters. The molecule has 0 aliphatic carbocycles. The highest BCUT2D eigenvalue weighted by atomic mass is 16.9. The second kappa shape index (κ2) is 3.20. The van der Waals surface area contributed by atoms with Crippen LogP contribution in [0.25, 0.3) is 0 Å². The van der Waals surface area contributed by atoms with Crippen molar-refractivity contribution in [2.75, 3.05) is 33.4 Å². The average Bonchev–Trinajstić information content (AvgIpc) is 2.18. The van der Waals surface area contributed by atoms with Crippen molar-refractivity contribution in [1.82, 2.24) is 5.32 Å². The summed E-state index contributed by atoms with van der Waals surface area (Å²) in [7, 11) is 1.91. The van der Waals surface area contributed by atoms with Crippen molar-refractivity contribution in [3.63, 3.8) is 0 Å². The molecule has 4 nitrogen and oxygen atoms in total. The first-order valence-electron chi connectivity index (χ1n) is 4.75. The fourth-order valence-electron chi connectivity index (χ4n) is 1.60. The van der Waals surface area contributed by atoms with Crippen LogP contribution in [0.4, 0.5) is 0 Å². The Morgan fingerprint density at radius 2 is 1.69 bits per heavy atom. The summed E-state index contributed by atoms with van der Waals surface area (Å²) in [5.74, 6) is -0.749. The lowest BCUT2D eigenvalue weighted by Crippen LogP contribution is -2.59. The Morgan fingerprint density at radius 1 is 1.15 bits per heavy atom. The molecule has 2 bridgehead atoms. The van der Waals surface area contributed by atoms with Gasteiger partial charge in [-0.2, -0.15) is 0 Å². The van der Waals surface area contributed by atoms with E-state index in [-0.39, 0.29) is 5.41 Å². The maximum absolute atomic E-state index is 5.59. The summed E-state index contributed by atoms with van der Waals surface area (Å²) in [5.41, 5.74) is 0.0708. The largest absolute Gasteiger partial charge is 0.327 e. The number of nitrogens with one attached hydrogen (secondary N) is 1. The van der Waals surface area contributed by atoms with Crippen LogP contribution >= 0.6 is 0 Å². The molecule has 0 amide bonds. The van der Waals surface area contributed by atoms with Gasteiger partial charge in [0, 0.05) is 18.4 Å². The van der Waals surface area contributed by atoms with E-state index in [2.05, 4.69) is 12.2 Å². The van der Waals surface area contributed by atoms with E-state index < -0.39 is 5.97 Å². The molecular formula is C9H17NO3. The first-order chi connectivity index (χ1) is 6.18. The van der Waals surface area contributed by atoms with Crippen LogP contribution < -0.4 is 5.32 Å². The molecule has 3 aliphatic rings. The van der Waals surface area contributed by atoms with Crippen molar-refractivity contribution in [3.05, 3.63) is 0 Å². The van der Waals surface area contributed by atoms with Crippen molar-refractivity contribution in [2.45, 2.75) is 19.3 Å². The lowest BCUT2D eigenvalue weighted by atomic mass is 9.91. The van der Waals surface area contributed by atoms with Crippen molar-refractivity contribution in [2.24, 2.45) is 5.41 Å². The van der Waals surface area contributed by atoms with Gasteiger partial charge in [-0.1, -0.05) is 6.92 Å². The number of hydrogen-bond acceptors (Lipinski definition) is 4. The Bertz CT molecular complexity index is 165. The van der Waals surface area contributed by atoms with Crippen molar-refractivity contribution in [3.8, 4) is 0 Å². The smallest absolute Gasteiger partial charge is 0.284 e. The highest BCUT2D eigenvalue weighted by Crippen LogP contribution is 2.39. The van der Waals surface area contributed by atoms with E-state index in [1.165, 1.54) is 0 Å². The summed E-state index contributed by atoms with van der Waals surface area (Å²) in [6, 6.07) is 0. The second-order valence-electron chi connectivity index (χ2n) is 4.21. The lowest BCUT2D eigenvalue weighted by Gasteiger charge is -2.50. The minimum atomic E-state index is -0.749. The number of ether oxygens (including phenoxy) is 3. The van der Waals surface area contributed by atoms with Gasteiger partial charge in [-0.3, -0.25) is 0 Å². The zero-order valence-corrected chi connectivity index (χ0v) is 8.26. The summed E-state index contributed by atoms with van der Waals surface area (Å²) < 4.78 is 16.8. The third kappa shape index (κ3) is 1.72. The van der Waals surface area contributed by atoms with Crippen LogP contribution in [-0.4, -0.2) is 39.4 Å². The first kappa shape index (κ1) is 9.40. The number of rotatable bonds is 3. The van der Waals surface area contributed by atoms with Gasteiger partial charge in [-0.05, 0) is 7.05 Å². The highest BCUT2D eigenvalue weighted by Gasteiger charge is 2.49. The predicted molar refractivity (Wildman–Crippen MR) is 47.2 cm³/mol. The van der Waals surface area contributed by atoms with E-state index in [1.54, 1.807) is 0 Å². The van der Waals surface area contributed by atoms with Gasteiger partial charge in [0.05, 0.1) is 19.8 Å². The molecule has 0 atom stereocenters. The third-order valence-electron chi connectivity index (χ3n) is 2.60. The van der Waals surface area contributed by atoms with Crippen LogP contribution in [0.1, 0.15) is 13.3 Å². The van der Waals surface area contributed by atoms with Crippen LogP contribution in [0.5, 0.6) is 0 Å². The third-order valence-corrected chi connectivity index (χ3v) is 2.60. The van der Waals surface area contributed by atoms with Gasteiger partial charge >= 0.3 is 0 Å². The van der Waals surface area contributed by atoms with E-state index in [0.29, 0.717) is 0 Å². The molecule has 0 aromatic rings. The Balaban J connectivity index is 1.95. The van der Waals surface area contributed by atoms with Crippen molar-refractivity contribution < 1.29 is 14.2 Å². The van der Waals surface area contributed by atoms with Gasteiger partial charge < -0.3 is 19.5 Å². The standard InChI is InChI=1S/C9H17NO3/c1-8-5-11-9(12-6-8,13-7-8)3-4-10-2/h10H,3-7H2,1-2H3. The summed E-state index contributed by atoms with van der Waals surface area (Å²) in [6.45, 7) is 5.20. The molecule has 13 heavy (non-hydrogen) atoms. The fourth-order valence-corrected chi connectivity index (χ4v) is 1.60. The fraction of sp³-hybridized carbons (Fsp3) is 1.00. The zero-order chi connectivity index (χ0) is 9.36. The maximum Gasteiger partial charge on any atom is 0.284 e.